The van der Waals surface area contributed by atoms with E-state index >= 15 is 0 Å². The number of ether oxygens (including phenoxy) is 1. The lowest BCUT2D eigenvalue weighted by Crippen LogP contribution is -2.48. The van der Waals surface area contributed by atoms with E-state index in [-0.39, 0.29) is 5.91 Å². The number of amides is 1. The molecule has 1 aromatic rings. The van der Waals surface area contributed by atoms with Crippen LogP contribution in [0.4, 0.5) is 17.1 Å². The Morgan fingerprint density at radius 3 is 3.15 bits per heavy atom. The molecule has 1 aromatic carbocycles. The SMILES string of the molecule is Nc1cc2c(cc1N1CCOC3CCCC31)NC(=O)C2. The molecule has 0 bridgehead atoms. The van der Waals surface area contributed by atoms with Gasteiger partial charge in [0.2, 0.25) is 5.91 Å². The van der Waals surface area contributed by atoms with Crippen LogP contribution < -0.4 is 16.0 Å². The van der Waals surface area contributed by atoms with Gasteiger partial charge in [0, 0.05) is 12.2 Å². The van der Waals surface area contributed by atoms with E-state index in [4.69, 9.17) is 10.5 Å². The third-order valence-electron chi connectivity index (χ3n) is 4.67. The third-order valence-corrected chi connectivity index (χ3v) is 4.67. The smallest absolute Gasteiger partial charge is 0.228 e. The van der Waals surface area contributed by atoms with E-state index in [0.717, 1.165) is 48.6 Å². The molecule has 2 heterocycles. The second-order valence-electron chi connectivity index (χ2n) is 5.89. The minimum atomic E-state index is 0.0530. The number of benzene rings is 1. The van der Waals surface area contributed by atoms with Gasteiger partial charge in [0.15, 0.2) is 0 Å². The van der Waals surface area contributed by atoms with Crippen molar-refractivity contribution in [3.05, 3.63) is 17.7 Å². The molecule has 1 amide bonds. The lowest BCUT2D eigenvalue weighted by molar-refractivity contribution is -0.115. The fourth-order valence-corrected chi connectivity index (χ4v) is 3.76. The van der Waals surface area contributed by atoms with Crippen LogP contribution in [0.15, 0.2) is 12.1 Å². The van der Waals surface area contributed by atoms with Crippen molar-refractivity contribution in [2.24, 2.45) is 0 Å². The normalized spacial score (nSPS) is 28.2. The molecule has 1 saturated heterocycles. The molecule has 2 fully saturated rings. The summed E-state index contributed by atoms with van der Waals surface area (Å²) in [5.41, 5.74) is 9.97. The maximum Gasteiger partial charge on any atom is 0.228 e. The van der Waals surface area contributed by atoms with E-state index in [1.807, 2.05) is 12.1 Å². The number of nitrogens with two attached hydrogens (primary N) is 1. The molecule has 2 atom stereocenters. The molecule has 3 aliphatic rings. The monoisotopic (exact) mass is 273 g/mol. The molecule has 2 unspecified atom stereocenters. The Hall–Kier alpha value is -1.75. The predicted octanol–water partition coefficient (Wildman–Crippen LogP) is 1.52. The van der Waals surface area contributed by atoms with Gasteiger partial charge in [-0.1, -0.05) is 0 Å². The quantitative estimate of drug-likeness (QED) is 0.761. The summed E-state index contributed by atoms with van der Waals surface area (Å²) in [7, 11) is 0. The number of nitrogens with zero attached hydrogens (tertiary/aromatic N) is 1. The zero-order valence-electron chi connectivity index (χ0n) is 11.4. The third kappa shape index (κ3) is 1.77. The van der Waals surface area contributed by atoms with Crippen LogP contribution in [-0.2, 0) is 16.0 Å². The van der Waals surface area contributed by atoms with Gasteiger partial charge in [-0.05, 0) is 37.0 Å². The molecule has 0 spiro atoms. The second-order valence-corrected chi connectivity index (χ2v) is 5.89. The highest BCUT2D eigenvalue weighted by molar-refractivity contribution is 6.01. The predicted molar refractivity (Wildman–Crippen MR) is 77.9 cm³/mol. The van der Waals surface area contributed by atoms with E-state index in [1.165, 1.54) is 6.42 Å². The van der Waals surface area contributed by atoms with Gasteiger partial charge in [-0.15, -0.1) is 0 Å². The number of nitrogen functional groups attached to an aromatic ring is 1. The number of anilines is 3. The van der Waals surface area contributed by atoms with Gasteiger partial charge < -0.3 is 20.7 Å². The Labute approximate surface area is 118 Å². The number of rotatable bonds is 1. The van der Waals surface area contributed by atoms with Gasteiger partial charge >= 0.3 is 0 Å². The van der Waals surface area contributed by atoms with E-state index in [1.54, 1.807) is 0 Å². The summed E-state index contributed by atoms with van der Waals surface area (Å²) in [5.74, 6) is 0.0530. The van der Waals surface area contributed by atoms with Gasteiger partial charge in [-0.3, -0.25) is 4.79 Å². The lowest BCUT2D eigenvalue weighted by Gasteiger charge is -2.40. The maximum atomic E-state index is 11.5. The number of carbonyl (C=O) groups is 1. The van der Waals surface area contributed by atoms with Crippen molar-refractivity contribution in [2.75, 3.05) is 29.1 Å². The highest BCUT2D eigenvalue weighted by atomic mass is 16.5. The van der Waals surface area contributed by atoms with E-state index < -0.39 is 0 Å². The van der Waals surface area contributed by atoms with Crippen molar-refractivity contribution in [2.45, 2.75) is 37.8 Å². The van der Waals surface area contributed by atoms with Crippen LogP contribution in [0.3, 0.4) is 0 Å². The largest absolute Gasteiger partial charge is 0.397 e. The molecule has 1 saturated carbocycles. The molecule has 20 heavy (non-hydrogen) atoms. The maximum absolute atomic E-state index is 11.5. The summed E-state index contributed by atoms with van der Waals surface area (Å²) < 4.78 is 5.85. The Balaban J connectivity index is 1.71. The standard InChI is InChI=1S/C15H19N3O2/c16-10-6-9-7-15(19)17-11(9)8-13(10)18-4-5-20-14-3-1-2-12(14)18/h6,8,12,14H,1-5,7,16H2,(H,17,19). The number of carbonyl (C=O) groups excluding carboxylic acids is 1. The van der Waals surface area contributed by atoms with E-state index in [2.05, 4.69) is 10.2 Å². The van der Waals surface area contributed by atoms with Crippen LogP contribution in [0.1, 0.15) is 24.8 Å². The fourth-order valence-electron chi connectivity index (χ4n) is 3.76. The molecular weight excluding hydrogens is 254 g/mol. The highest BCUT2D eigenvalue weighted by Gasteiger charge is 2.37. The summed E-state index contributed by atoms with van der Waals surface area (Å²) in [6.07, 6.45) is 4.30. The summed E-state index contributed by atoms with van der Waals surface area (Å²) in [4.78, 5) is 13.9. The molecule has 0 radical (unpaired) electrons. The van der Waals surface area contributed by atoms with Crippen molar-refractivity contribution < 1.29 is 9.53 Å². The van der Waals surface area contributed by atoms with Crippen LogP contribution in [0.25, 0.3) is 0 Å². The van der Waals surface area contributed by atoms with Gasteiger partial charge in [0.05, 0.1) is 36.5 Å². The molecule has 5 nitrogen and oxygen atoms in total. The number of hydrogen-bond acceptors (Lipinski definition) is 4. The molecular formula is C15H19N3O2. The zero-order chi connectivity index (χ0) is 13.7. The first kappa shape index (κ1) is 12.0. The van der Waals surface area contributed by atoms with E-state index in [0.29, 0.717) is 18.6 Å². The molecule has 2 aliphatic heterocycles. The van der Waals surface area contributed by atoms with Gasteiger partial charge in [0.1, 0.15) is 0 Å². The van der Waals surface area contributed by atoms with E-state index in [9.17, 15) is 4.79 Å². The molecule has 5 heteroatoms. The average molecular weight is 273 g/mol. The first-order valence-electron chi connectivity index (χ1n) is 7.33. The van der Waals surface area contributed by atoms with Crippen LogP contribution in [0.2, 0.25) is 0 Å². The molecule has 106 valence electrons. The Kier molecular flexibility index (Phi) is 2.63. The minimum absolute atomic E-state index is 0.0530. The first-order valence-corrected chi connectivity index (χ1v) is 7.33. The average Bonchev–Trinajstić information content (AvgIpc) is 3.02. The van der Waals surface area contributed by atoms with Crippen molar-refractivity contribution in [3.63, 3.8) is 0 Å². The van der Waals surface area contributed by atoms with Gasteiger partial charge in [0.25, 0.3) is 0 Å². The number of morpholine rings is 1. The summed E-state index contributed by atoms with van der Waals surface area (Å²) in [5, 5.41) is 2.91. The molecule has 3 N–H and O–H groups in total. The number of nitrogens with one attached hydrogen (secondary N) is 1. The van der Waals surface area contributed by atoms with Crippen LogP contribution >= 0.6 is 0 Å². The Bertz CT molecular complexity index is 572. The summed E-state index contributed by atoms with van der Waals surface area (Å²) in [6.45, 7) is 1.63. The topological polar surface area (TPSA) is 67.6 Å². The van der Waals surface area contributed by atoms with Gasteiger partial charge in [-0.2, -0.15) is 0 Å². The molecule has 1 aliphatic carbocycles. The van der Waals surface area contributed by atoms with Crippen LogP contribution in [0.5, 0.6) is 0 Å². The van der Waals surface area contributed by atoms with Crippen molar-refractivity contribution >= 4 is 23.0 Å². The Morgan fingerprint density at radius 1 is 1.35 bits per heavy atom. The number of hydrogen-bond donors (Lipinski definition) is 2. The summed E-state index contributed by atoms with van der Waals surface area (Å²) in [6, 6.07) is 4.42. The van der Waals surface area contributed by atoms with Crippen LogP contribution in [-0.4, -0.2) is 31.2 Å². The van der Waals surface area contributed by atoms with Crippen molar-refractivity contribution in [3.8, 4) is 0 Å². The van der Waals surface area contributed by atoms with Gasteiger partial charge in [-0.25, -0.2) is 0 Å². The highest BCUT2D eigenvalue weighted by Crippen LogP contribution is 2.39. The molecule has 0 aromatic heterocycles. The first-order chi connectivity index (χ1) is 9.72. The van der Waals surface area contributed by atoms with Crippen LogP contribution in [0, 0.1) is 0 Å². The number of fused-ring (bicyclic) bond motifs is 2. The Morgan fingerprint density at radius 2 is 2.25 bits per heavy atom. The zero-order valence-corrected chi connectivity index (χ0v) is 11.4. The minimum Gasteiger partial charge on any atom is -0.397 e. The van der Waals surface area contributed by atoms with Crippen molar-refractivity contribution in [1.82, 2.24) is 0 Å². The summed E-state index contributed by atoms with van der Waals surface area (Å²) >= 11 is 0. The fraction of sp³-hybridized carbons (Fsp3) is 0.533. The van der Waals surface area contributed by atoms with Crippen molar-refractivity contribution in [1.29, 1.82) is 0 Å². The lowest BCUT2D eigenvalue weighted by atomic mass is 10.1. The molecule has 4 rings (SSSR count). The second kappa shape index (κ2) is 4.38.